The predicted molar refractivity (Wildman–Crippen MR) is 74.0 cm³/mol. The van der Waals surface area contributed by atoms with E-state index in [0.29, 0.717) is 6.04 Å². The number of nitrogens with two attached hydrogens (primary N) is 1. The van der Waals surface area contributed by atoms with Crippen LogP contribution in [0.25, 0.3) is 0 Å². The van der Waals surface area contributed by atoms with E-state index in [2.05, 4.69) is 30.9 Å². The molecule has 2 heteroatoms. The summed E-state index contributed by atoms with van der Waals surface area (Å²) in [6.07, 6.45) is 3.92. The summed E-state index contributed by atoms with van der Waals surface area (Å²) in [5.41, 5.74) is 8.20. The summed E-state index contributed by atoms with van der Waals surface area (Å²) < 4.78 is 0. The Hall–Kier alpha value is -1.02. The number of nitrogens with zero attached hydrogens (tertiary/aromatic N) is 1. The van der Waals surface area contributed by atoms with Gasteiger partial charge in [0.15, 0.2) is 0 Å². The second-order valence-corrected chi connectivity index (χ2v) is 5.48. The Labute approximate surface area is 105 Å². The van der Waals surface area contributed by atoms with Gasteiger partial charge in [0.1, 0.15) is 0 Å². The Balaban J connectivity index is 1.88. The van der Waals surface area contributed by atoms with E-state index < -0.39 is 0 Å². The van der Waals surface area contributed by atoms with Crippen LogP contribution in [0.5, 0.6) is 0 Å². The molecule has 2 N–H and O–H groups in total. The average Bonchev–Trinajstić information content (AvgIpc) is 3.09. The van der Waals surface area contributed by atoms with E-state index in [-0.39, 0.29) is 0 Å². The first kappa shape index (κ1) is 12.4. The first-order chi connectivity index (χ1) is 8.16. The van der Waals surface area contributed by atoms with Crippen molar-refractivity contribution in [1.29, 1.82) is 0 Å². The summed E-state index contributed by atoms with van der Waals surface area (Å²) in [4.78, 5) is 2.59. The molecule has 1 aliphatic rings. The second kappa shape index (κ2) is 5.54. The minimum atomic E-state index is 0.639. The van der Waals surface area contributed by atoms with Gasteiger partial charge in [-0.1, -0.05) is 18.2 Å². The molecule has 0 aliphatic heterocycles. The molecule has 0 aromatic heterocycles. The van der Waals surface area contributed by atoms with Crippen molar-refractivity contribution in [3.63, 3.8) is 0 Å². The minimum absolute atomic E-state index is 0.639. The third-order valence-corrected chi connectivity index (χ3v) is 3.64. The van der Waals surface area contributed by atoms with Crippen molar-refractivity contribution in [1.82, 2.24) is 4.90 Å². The van der Waals surface area contributed by atoms with Gasteiger partial charge in [-0.25, -0.2) is 0 Å². The third-order valence-electron chi connectivity index (χ3n) is 3.64. The fourth-order valence-electron chi connectivity index (χ4n) is 2.22. The van der Waals surface area contributed by atoms with Gasteiger partial charge in [0.05, 0.1) is 0 Å². The smallest absolute Gasteiger partial charge is 0.0347 e. The summed E-state index contributed by atoms with van der Waals surface area (Å²) in [7, 11) is 0. The maximum atomic E-state index is 5.98. The Kier molecular flexibility index (Phi) is 4.06. The van der Waals surface area contributed by atoms with E-state index in [9.17, 15) is 0 Å². The number of anilines is 1. The highest BCUT2D eigenvalue weighted by Crippen LogP contribution is 2.30. The monoisotopic (exact) mass is 232 g/mol. The summed E-state index contributed by atoms with van der Waals surface area (Å²) >= 11 is 0. The zero-order valence-corrected chi connectivity index (χ0v) is 11.0. The molecule has 1 fully saturated rings. The third kappa shape index (κ3) is 3.74. The fraction of sp³-hybridized carbons (Fsp3) is 0.600. The van der Waals surface area contributed by atoms with Gasteiger partial charge in [0, 0.05) is 24.8 Å². The number of nitrogen functional groups attached to an aromatic ring is 1. The van der Waals surface area contributed by atoms with E-state index in [1.807, 2.05) is 12.1 Å². The Morgan fingerprint density at radius 2 is 2.00 bits per heavy atom. The van der Waals surface area contributed by atoms with E-state index >= 15 is 0 Å². The summed E-state index contributed by atoms with van der Waals surface area (Å²) in [5.74, 6) is 0.963. The number of hydrogen-bond acceptors (Lipinski definition) is 2. The quantitative estimate of drug-likeness (QED) is 0.764. The molecule has 0 radical (unpaired) electrons. The zero-order chi connectivity index (χ0) is 12.3. The maximum absolute atomic E-state index is 5.98. The van der Waals surface area contributed by atoms with Crippen molar-refractivity contribution in [3.05, 3.63) is 29.8 Å². The molecule has 1 aromatic rings. The molecule has 0 heterocycles. The molecular formula is C15H24N2. The topological polar surface area (TPSA) is 29.3 Å². The van der Waals surface area contributed by atoms with Crippen molar-refractivity contribution in [2.75, 3.05) is 18.8 Å². The molecule has 1 aliphatic carbocycles. The summed E-state index contributed by atoms with van der Waals surface area (Å²) in [6.45, 7) is 6.97. The molecule has 2 nitrogen and oxygen atoms in total. The first-order valence-electron chi connectivity index (χ1n) is 6.74. The van der Waals surface area contributed by atoms with Gasteiger partial charge >= 0.3 is 0 Å². The second-order valence-electron chi connectivity index (χ2n) is 5.48. The van der Waals surface area contributed by atoms with Crippen LogP contribution >= 0.6 is 0 Å². The predicted octanol–water partition coefficient (Wildman–Crippen LogP) is 2.93. The van der Waals surface area contributed by atoms with Gasteiger partial charge in [-0.2, -0.15) is 0 Å². The summed E-state index contributed by atoms with van der Waals surface area (Å²) in [6, 6.07) is 8.86. The molecule has 1 saturated carbocycles. The van der Waals surface area contributed by atoms with Crippen molar-refractivity contribution >= 4 is 5.69 Å². The highest BCUT2D eigenvalue weighted by atomic mass is 15.1. The van der Waals surface area contributed by atoms with Gasteiger partial charge in [-0.05, 0) is 50.7 Å². The number of rotatable bonds is 6. The Bertz CT molecular complexity index is 356. The van der Waals surface area contributed by atoms with Crippen LogP contribution in [0.2, 0.25) is 0 Å². The van der Waals surface area contributed by atoms with Crippen molar-refractivity contribution in [2.24, 2.45) is 5.92 Å². The van der Waals surface area contributed by atoms with Crippen LogP contribution in [0.3, 0.4) is 0 Å². The van der Waals surface area contributed by atoms with Crippen molar-refractivity contribution in [2.45, 2.75) is 39.2 Å². The molecular weight excluding hydrogens is 208 g/mol. The van der Waals surface area contributed by atoms with E-state index in [4.69, 9.17) is 5.73 Å². The highest BCUT2D eigenvalue weighted by Gasteiger charge is 2.25. The molecule has 0 amide bonds. The molecule has 2 rings (SSSR count). The van der Waals surface area contributed by atoms with E-state index in [1.165, 1.54) is 24.9 Å². The molecule has 0 unspecified atom stereocenters. The van der Waals surface area contributed by atoms with Gasteiger partial charge in [-0.3, -0.25) is 0 Å². The average molecular weight is 232 g/mol. The fourth-order valence-corrected chi connectivity index (χ4v) is 2.22. The SMILES string of the molecule is CC(C)N(CCc1ccccc1N)CC1CC1. The number of para-hydroxylation sites is 1. The number of hydrogen-bond donors (Lipinski definition) is 1. The van der Waals surface area contributed by atoms with Gasteiger partial charge in [0.25, 0.3) is 0 Å². The van der Waals surface area contributed by atoms with Crippen LogP contribution in [-0.2, 0) is 6.42 Å². The zero-order valence-electron chi connectivity index (χ0n) is 11.0. The lowest BCUT2D eigenvalue weighted by Crippen LogP contribution is -2.34. The maximum Gasteiger partial charge on any atom is 0.0347 e. The van der Waals surface area contributed by atoms with Gasteiger partial charge < -0.3 is 10.6 Å². The van der Waals surface area contributed by atoms with Crippen LogP contribution in [0.1, 0.15) is 32.3 Å². The molecule has 94 valence electrons. The molecule has 0 spiro atoms. The van der Waals surface area contributed by atoms with Crippen LogP contribution < -0.4 is 5.73 Å². The van der Waals surface area contributed by atoms with Crippen molar-refractivity contribution < 1.29 is 0 Å². The molecule has 0 atom stereocenters. The van der Waals surface area contributed by atoms with Crippen LogP contribution in [0, 0.1) is 5.92 Å². The van der Waals surface area contributed by atoms with Crippen molar-refractivity contribution in [3.8, 4) is 0 Å². The number of benzene rings is 1. The Morgan fingerprint density at radius 1 is 1.29 bits per heavy atom. The Morgan fingerprint density at radius 3 is 2.59 bits per heavy atom. The van der Waals surface area contributed by atoms with Gasteiger partial charge in [0.2, 0.25) is 0 Å². The van der Waals surface area contributed by atoms with Crippen LogP contribution in [0.4, 0.5) is 5.69 Å². The van der Waals surface area contributed by atoms with E-state index in [0.717, 1.165) is 24.6 Å². The molecule has 0 saturated heterocycles. The lowest BCUT2D eigenvalue weighted by molar-refractivity contribution is 0.215. The molecule has 17 heavy (non-hydrogen) atoms. The largest absolute Gasteiger partial charge is 0.399 e. The lowest BCUT2D eigenvalue weighted by Gasteiger charge is -2.26. The highest BCUT2D eigenvalue weighted by molar-refractivity contribution is 5.46. The van der Waals surface area contributed by atoms with E-state index in [1.54, 1.807) is 0 Å². The molecule has 0 bridgehead atoms. The standard InChI is InChI=1S/C15H24N2/c1-12(2)17(11-13-7-8-13)10-9-14-5-3-4-6-15(14)16/h3-6,12-13H,7-11,16H2,1-2H3. The summed E-state index contributed by atoms with van der Waals surface area (Å²) in [5, 5.41) is 0. The minimum Gasteiger partial charge on any atom is -0.399 e. The lowest BCUT2D eigenvalue weighted by atomic mass is 10.1. The van der Waals surface area contributed by atoms with Crippen LogP contribution in [0.15, 0.2) is 24.3 Å². The van der Waals surface area contributed by atoms with Crippen LogP contribution in [-0.4, -0.2) is 24.0 Å². The normalized spacial score (nSPS) is 15.8. The first-order valence-corrected chi connectivity index (χ1v) is 6.74. The van der Waals surface area contributed by atoms with Gasteiger partial charge in [-0.15, -0.1) is 0 Å². The molecule has 1 aromatic carbocycles.